The van der Waals surface area contributed by atoms with E-state index in [4.69, 9.17) is 11.6 Å². The van der Waals surface area contributed by atoms with Crippen molar-refractivity contribution in [3.63, 3.8) is 0 Å². The first-order valence-electron chi connectivity index (χ1n) is 6.70. The zero-order chi connectivity index (χ0) is 13.1. The van der Waals surface area contributed by atoms with E-state index in [1.807, 2.05) is 12.3 Å². The molecule has 19 heavy (non-hydrogen) atoms. The lowest BCUT2D eigenvalue weighted by Gasteiger charge is -2.24. The van der Waals surface area contributed by atoms with Gasteiger partial charge < -0.3 is 4.90 Å². The third-order valence-corrected chi connectivity index (χ3v) is 3.95. The highest BCUT2D eigenvalue weighted by molar-refractivity contribution is 6.17. The highest BCUT2D eigenvalue weighted by Crippen LogP contribution is 2.25. The molecule has 0 spiro atoms. The fourth-order valence-corrected chi connectivity index (χ4v) is 2.91. The minimum absolute atomic E-state index is 0.515. The molecule has 3 heteroatoms. The van der Waals surface area contributed by atoms with Crippen molar-refractivity contribution >= 4 is 17.4 Å². The van der Waals surface area contributed by atoms with Crippen LogP contribution in [-0.2, 0) is 18.8 Å². The molecule has 0 atom stereocenters. The van der Waals surface area contributed by atoms with Crippen molar-refractivity contribution in [2.75, 3.05) is 11.4 Å². The first-order valence-corrected chi connectivity index (χ1v) is 7.23. The van der Waals surface area contributed by atoms with Gasteiger partial charge in [0.1, 0.15) is 5.82 Å². The van der Waals surface area contributed by atoms with Gasteiger partial charge in [0.15, 0.2) is 0 Å². The van der Waals surface area contributed by atoms with Crippen molar-refractivity contribution in [2.45, 2.75) is 25.3 Å². The van der Waals surface area contributed by atoms with E-state index in [9.17, 15) is 0 Å². The van der Waals surface area contributed by atoms with Crippen LogP contribution in [0.25, 0.3) is 0 Å². The van der Waals surface area contributed by atoms with Crippen LogP contribution in [0, 0.1) is 0 Å². The van der Waals surface area contributed by atoms with Gasteiger partial charge in [0, 0.05) is 24.8 Å². The Bertz CT molecular complexity index is 568. The third kappa shape index (κ3) is 2.59. The maximum absolute atomic E-state index is 6.03. The number of halogens is 1. The van der Waals surface area contributed by atoms with Crippen molar-refractivity contribution in [1.82, 2.24) is 4.98 Å². The van der Waals surface area contributed by atoms with E-state index in [-0.39, 0.29) is 0 Å². The van der Waals surface area contributed by atoms with E-state index in [0.717, 1.165) is 37.3 Å². The predicted octanol–water partition coefficient (Wildman–Crippen LogP) is 3.77. The highest BCUT2D eigenvalue weighted by atomic mass is 35.5. The van der Waals surface area contributed by atoms with Crippen LogP contribution in [0.5, 0.6) is 0 Å². The quantitative estimate of drug-likeness (QED) is 0.774. The van der Waals surface area contributed by atoms with Gasteiger partial charge in [0.25, 0.3) is 0 Å². The second-order valence-electron chi connectivity index (χ2n) is 4.91. The average Bonchev–Trinajstić information content (AvgIpc) is 2.69. The summed E-state index contributed by atoms with van der Waals surface area (Å²) in [6, 6.07) is 12.7. The molecule has 1 aliphatic heterocycles. The third-order valence-electron chi connectivity index (χ3n) is 3.66. The van der Waals surface area contributed by atoms with Gasteiger partial charge in [-0.05, 0) is 30.0 Å². The van der Waals surface area contributed by atoms with Crippen LogP contribution in [-0.4, -0.2) is 11.5 Å². The van der Waals surface area contributed by atoms with Crippen LogP contribution in [0.3, 0.4) is 0 Å². The normalized spacial score (nSPS) is 14.9. The number of aromatic nitrogens is 1. The Balaban J connectivity index is 1.94. The lowest BCUT2D eigenvalue weighted by Crippen LogP contribution is -2.24. The van der Waals surface area contributed by atoms with Crippen molar-refractivity contribution in [3.8, 4) is 0 Å². The molecule has 0 aliphatic carbocycles. The molecule has 98 valence electrons. The van der Waals surface area contributed by atoms with Crippen LogP contribution in [0.1, 0.15) is 23.1 Å². The van der Waals surface area contributed by atoms with Gasteiger partial charge in [-0.3, -0.25) is 0 Å². The Morgan fingerprint density at radius 2 is 1.95 bits per heavy atom. The number of aryl methyl sites for hydroxylation is 1. The van der Waals surface area contributed by atoms with Crippen molar-refractivity contribution < 1.29 is 0 Å². The molecule has 0 saturated heterocycles. The van der Waals surface area contributed by atoms with E-state index in [0.29, 0.717) is 5.88 Å². The number of nitrogens with zero attached hydrogens (tertiary/aromatic N) is 2. The summed E-state index contributed by atoms with van der Waals surface area (Å²) in [6.07, 6.45) is 4.16. The van der Waals surface area contributed by atoms with Gasteiger partial charge >= 0.3 is 0 Å². The van der Waals surface area contributed by atoms with E-state index >= 15 is 0 Å². The summed E-state index contributed by atoms with van der Waals surface area (Å²) in [5.74, 6) is 1.55. The van der Waals surface area contributed by atoms with Gasteiger partial charge in [-0.1, -0.05) is 30.3 Å². The second-order valence-corrected chi connectivity index (χ2v) is 5.18. The number of hydrogen-bond acceptors (Lipinski definition) is 2. The average molecular weight is 273 g/mol. The molecule has 0 radical (unpaired) electrons. The zero-order valence-corrected chi connectivity index (χ0v) is 11.6. The second kappa shape index (κ2) is 5.62. The molecule has 2 heterocycles. The molecule has 2 nitrogen and oxygen atoms in total. The molecule has 1 aliphatic rings. The number of rotatable bonds is 2. The molecule has 0 amide bonds. The fraction of sp³-hybridized carbons (Fsp3) is 0.312. The number of fused-ring (bicyclic) bond motifs is 1. The van der Waals surface area contributed by atoms with Crippen LogP contribution >= 0.6 is 11.6 Å². The van der Waals surface area contributed by atoms with Crippen molar-refractivity contribution in [3.05, 3.63) is 59.3 Å². The zero-order valence-electron chi connectivity index (χ0n) is 10.8. The van der Waals surface area contributed by atoms with Crippen LogP contribution in [0.2, 0.25) is 0 Å². The lowest BCUT2D eigenvalue weighted by atomic mass is 10.0. The van der Waals surface area contributed by atoms with E-state index in [1.165, 1.54) is 11.1 Å². The largest absolute Gasteiger partial charge is 0.352 e. The summed E-state index contributed by atoms with van der Waals surface area (Å²) >= 11 is 6.03. The molecule has 0 fully saturated rings. The first kappa shape index (κ1) is 12.5. The fourth-order valence-electron chi connectivity index (χ4n) is 2.70. The summed E-state index contributed by atoms with van der Waals surface area (Å²) in [4.78, 5) is 6.88. The molecule has 2 aromatic rings. The highest BCUT2D eigenvalue weighted by Gasteiger charge is 2.17. The first-order chi connectivity index (χ1) is 9.38. The van der Waals surface area contributed by atoms with Crippen LogP contribution < -0.4 is 4.90 Å². The molecule has 0 saturated carbocycles. The summed E-state index contributed by atoms with van der Waals surface area (Å²) in [6.45, 7) is 1.96. The monoisotopic (exact) mass is 272 g/mol. The van der Waals surface area contributed by atoms with E-state index < -0.39 is 0 Å². The smallest absolute Gasteiger partial charge is 0.133 e. The minimum Gasteiger partial charge on any atom is -0.352 e. The maximum atomic E-state index is 6.03. The minimum atomic E-state index is 0.515. The number of benzene rings is 1. The van der Waals surface area contributed by atoms with Gasteiger partial charge in [-0.2, -0.15) is 0 Å². The lowest BCUT2D eigenvalue weighted by molar-refractivity contribution is 0.751. The number of anilines is 1. The standard InChI is InChI=1S/C16H17ClN2/c17-11-14-7-3-9-18-16(14)19-10-4-8-13-5-1-2-6-15(13)12-19/h1-3,5-7,9H,4,8,10-12H2. The molecule has 3 rings (SSSR count). The Hall–Kier alpha value is -1.54. The molecular formula is C16H17ClN2. The molecule has 0 bridgehead atoms. The molecule has 0 unspecified atom stereocenters. The predicted molar refractivity (Wildman–Crippen MR) is 79.6 cm³/mol. The Labute approximate surface area is 119 Å². The van der Waals surface area contributed by atoms with Crippen molar-refractivity contribution in [1.29, 1.82) is 0 Å². The van der Waals surface area contributed by atoms with Gasteiger partial charge in [-0.25, -0.2) is 4.98 Å². The number of hydrogen-bond donors (Lipinski definition) is 0. The molecule has 1 aromatic carbocycles. The molecule has 0 N–H and O–H groups in total. The summed E-state index contributed by atoms with van der Waals surface area (Å²) < 4.78 is 0. The molecule has 1 aromatic heterocycles. The SMILES string of the molecule is ClCc1cccnc1N1CCCc2ccccc2C1. The van der Waals surface area contributed by atoms with Crippen molar-refractivity contribution in [2.24, 2.45) is 0 Å². The number of pyridine rings is 1. The molecular weight excluding hydrogens is 256 g/mol. The maximum Gasteiger partial charge on any atom is 0.133 e. The van der Waals surface area contributed by atoms with Crippen LogP contribution in [0.15, 0.2) is 42.6 Å². The Morgan fingerprint density at radius 3 is 2.79 bits per heavy atom. The van der Waals surface area contributed by atoms with Gasteiger partial charge in [0.2, 0.25) is 0 Å². The van der Waals surface area contributed by atoms with Gasteiger partial charge in [0.05, 0.1) is 5.88 Å². The van der Waals surface area contributed by atoms with E-state index in [1.54, 1.807) is 0 Å². The summed E-state index contributed by atoms with van der Waals surface area (Å²) in [5.41, 5.74) is 3.99. The summed E-state index contributed by atoms with van der Waals surface area (Å²) in [7, 11) is 0. The Morgan fingerprint density at radius 1 is 1.11 bits per heavy atom. The number of alkyl halides is 1. The van der Waals surface area contributed by atoms with E-state index in [2.05, 4.69) is 40.2 Å². The van der Waals surface area contributed by atoms with Crippen LogP contribution in [0.4, 0.5) is 5.82 Å². The Kier molecular flexibility index (Phi) is 3.69. The van der Waals surface area contributed by atoms with Gasteiger partial charge in [-0.15, -0.1) is 11.6 Å². The summed E-state index contributed by atoms with van der Waals surface area (Å²) in [5, 5.41) is 0. The topological polar surface area (TPSA) is 16.1 Å².